The molecule has 1 aromatic heterocycles. The zero-order chi connectivity index (χ0) is 25.9. The second-order valence-corrected chi connectivity index (χ2v) is 9.61. The number of carboxylic acids is 1. The minimum absolute atomic E-state index is 0.200. The van der Waals surface area contributed by atoms with Crippen LogP contribution in [0.2, 0.25) is 10.0 Å². The third-order valence-electron chi connectivity index (χ3n) is 6.14. The average Bonchev–Trinajstić information content (AvgIpc) is 3.29. The van der Waals surface area contributed by atoms with E-state index >= 15 is 0 Å². The SMILES string of the molecule is O=C(O)c1ccc(CNC(=O)c2cc(-c3ccccc3)cc3ccn(Cc4cc(Cl)cc(Cl)c4)c23)cc1. The molecule has 0 fully saturated rings. The molecule has 1 heterocycles. The Morgan fingerprint density at radius 3 is 2.16 bits per heavy atom. The summed E-state index contributed by atoms with van der Waals surface area (Å²) in [5.41, 5.74) is 5.21. The third-order valence-corrected chi connectivity index (χ3v) is 6.58. The van der Waals surface area contributed by atoms with Crippen LogP contribution in [0, 0.1) is 0 Å². The first-order valence-electron chi connectivity index (χ1n) is 11.6. The number of nitrogens with zero attached hydrogens (tertiary/aromatic N) is 1. The van der Waals surface area contributed by atoms with E-state index in [1.807, 2.05) is 65.4 Å². The van der Waals surface area contributed by atoms with E-state index in [1.54, 1.807) is 18.2 Å². The minimum Gasteiger partial charge on any atom is -0.478 e. The maximum absolute atomic E-state index is 13.5. The van der Waals surface area contributed by atoms with Gasteiger partial charge in [0.15, 0.2) is 0 Å². The molecule has 0 saturated carbocycles. The molecule has 0 aliphatic carbocycles. The molecule has 37 heavy (non-hydrogen) atoms. The lowest BCUT2D eigenvalue weighted by Crippen LogP contribution is -2.23. The average molecular weight is 529 g/mol. The van der Waals surface area contributed by atoms with Gasteiger partial charge in [0, 0.05) is 34.7 Å². The minimum atomic E-state index is -0.988. The number of nitrogens with one attached hydrogen (secondary N) is 1. The van der Waals surface area contributed by atoms with E-state index < -0.39 is 5.97 Å². The fourth-order valence-corrected chi connectivity index (χ4v) is 4.96. The smallest absolute Gasteiger partial charge is 0.335 e. The van der Waals surface area contributed by atoms with Gasteiger partial charge in [0.05, 0.1) is 16.6 Å². The number of hydrogen-bond donors (Lipinski definition) is 2. The van der Waals surface area contributed by atoms with Gasteiger partial charge in [-0.1, -0.05) is 65.7 Å². The van der Waals surface area contributed by atoms with Crippen molar-refractivity contribution in [3.63, 3.8) is 0 Å². The lowest BCUT2D eigenvalue weighted by molar-refractivity contribution is 0.0696. The first kappa shape index (κ1) is 24.6. The summed E-state index contributed by atoms with van der Waals surface area (Å²) in [6.07, 6.45) is 1.95. The van der Waals surface area contributed by atoms with Gasteiger partial charge < -0.3 is 15.0 Å². The van der Waals surface area contributed by atoms with Gasteiger partial charge in [0.25, 0.3) is 5.91 Å². The number of carbonyl (C=O) groups is 2. The number of amides is 1. The first-order valence-corrected chi connectivity index (χ1v) is 12.4. The lowest BCUT2D eigenvalue weighted by atomic mass is 9.99. The Kier molecular flexibility index (Phi) is 6.99. The molecular formula is C30H22Cl2N2O3. The van der Waals surface area contributed by atoms with E-state index in [-0.39, 0.29) is 18.0 Å². The Labute approximate surface area is 223 Å². The highest BCUT2D eigenvalue weighted by molar-refractivity contribution is 6.34. The molecule has 0 saturated heterocycles. The summed E-state index contributed by atoms with van der Waals surface area (Å²) in [4.78, 5) is 24.7. The number of carboxylic acid groups (broad SMARTS) is 1. The lowest BCUT2D eigenvalue weighted by Gasteiger charge is -2.14. The molecule has 2 N–H and O–H groups in total. The Hall–Kier alpha value is -4.06. The van der Waals surface area contributed by atoms with E-state index in [9.17, 15) is 9.59 Å². The Bertz CT molecular complexity index is 1590. The van der Waals surface area contributed by atoms with Gasteiger partial charge in [0.1, 0.15) is 0 Å². The molecule has 5 rings (SSSR count). The van der Waals surface area contributed by atoms with E-state index in [4.69, 9.17) is 28.3 Å². The van der Waals surface area contributed by atoms with Crippen LogP contribution in [0.5, 0.6) is 0 Å². The molecule has 0 aliphatic heterocycles. The maximum Gasteiger partial charge on any atom is 0.335 e. The highest BCUT2D eigenvalue weighted by Gasteiger charge is 2.17. The highest BCUT2D eigenvalue weighted by Crippen LogP contribution is 2.30. The number of benzene rings is 4. The molecule has 0 radical (unpaired) electrons. The van der Waals surface area contributed by atoms with Crippen molar-refractivity contribution in [3.05, 3.63) is 129 Å². The van der Waals surface area contributed by atoms with Gasteiger partial charge in [-0.3, -0.25) is 4.79 Å². The molecule has 0 atom stereocenters. The fraction of sp³-hybridized carbons (Fsp3) is 0.0667. The standard InChI is InChI=1S/C30H22Cl2N2O3/c31-25-12-20(13-26(32)16-25)18-34-11-10-23-14-24(21-4-2-1-3-5-21)15-27(28(23)34)29(35)33-17-19-6-8-22(9-7-19)30(36)37/h1-16H,17-18H2,(H,33,35)(H,36,37). The maximum atomic E-state index is 13.5. The van der Waals surface area contributed by atoms with Crippen molar-refractivity contribution in [1.82, 2.24) is 9.88 Å². The number of fused-ring (bicyclic) bond motifs is 1. The van der Waals surface area contributed by atoms with Crippen LogP contribution < -0.4 is 5.32 Å². The fourth-order valence-electron chi connectivity index (χ4n) is 4.39. The van der Waals surface area contributed by atoms with E-state index in [0.717, 1.165) is 33.2 Å². The normalized spacial score (nSPS) is 11.0. The largest absolute Gasteiger partial charge is 0.478 e. The van der Waals surface area contributed by atoms with Crippen molar-refractivity contribution in [2.24, 2.45) is 0 Å². The molecule has 0 aliphatic rings. The van der Waals surface area contributed by atoms with Gasteiger partial charge in [0.2, 0.25) is 0 Å². The molecule has 4 aromatic carbocycles. The molecular weight excluding hydrogens is 507 g/mol. The van der Waals surface area contributed by atoms with Crippen molar-refractivity contribution in [2.45, 2.75) is 13.1 Å². The van der Waals surface area contributed by atoms with E-state index in [0.29, 0.717) is 22.2 Å². The first-order chi connectivity index (χ1) is 17.9. The zero-order valence-electron chi connectivity index (χ0n) is 19.6. The topological polar surface area (TPSA) is 71.3 Å². The molecule has 5 aromatic rings. The van der Waals surface area contributed by atoms with Crippen LogP contribution in [-0.2, 0) is 13.1 Å². The van der Waals surface area contributed by atoms with Crippen molar-refractivity contribution < 1.29 is 14.7 Å². The van der Waals surface area contributed by atoms with Crippen LogP contribution in [-0.4, -0.2) is 21.6 Å². The van der Waals surface area contributed by atoms with Gasteiger partial charge >= 0.3 is 5.97 Å². The van der Waals surface area contributed by atoms with Crippen LogP contribution in [0.4, 0.5) is 0 Å². The molecule has 0 bridgehead atoms. The summed E-state index contributed by atoms with van der Waals surface area (Å²) >= 11 is 12.4. The molecule has 7 heteroatoms. The summed E-state index contributed by atoms with van der Waals surface area (Å²) in [6, 6.07) is 27.8. The Balaban J connectivity index is 1.52. The molecule has 5 nitrogen and oxygen atoms in total. The number of halogens is 2. The van der Waals surface area contributed by atoms with Crippen molar-refractivity contribution in [1.29, 1.82) is 0 Å². The molecule has 0 unspecified atom stereocenters. The third kappa shape index (κ3) is 5.53. The van der Waals surface area contributed by atoms with E-state index in [2.05, 4.69) is 11.4 Å². The van der Waals surface area contributed by atoms with Crippen LogP contribution in [0.1, 0.15) is 31.8 Å². The molecule has 184 valence electrons. The second-order valence-electron chi connectivity index (χ2n) is 8.73. The van der Waals surface area contributed by atoms with E-state index in [1.165, 1.54) is 12.1 Å². The Morgan fingerprint density at radius 2 is 1.49 bits per heavy atom. The summed E-state index contributed by atoms with van der Waals surface area (Å²) in [7, 11) is 0. The molecule has 1 amide bonds. The molecule has 0 spiro atoms. The monoisotopic (exact) mass is 528 g/mol. The van der Waals surface area contributed by atoms with Crippen LogP contribution >= 0.6 is 23.2 Å². The van der Waals surface area contributed by atoms with Crippen LogP contribution in [0.3, 0.4) is 0 Å². The van der Waals surface area contributed by atoms with Crippen LogP contribution in [0.15, 0.2) is 97.2 Å². The number of aromatic carboxylic acids is 1. The summed E-state index contributed by atoms with van der Waals surface area (Å²) < 4.78 is 2.02. The quantitative estimate of drug-likeness (QED) is 0.233. The van der Waals surface area contributed by atoms with Gasteiger partial charge in [-0.05, 0) is 70.8 Å². The highest BCUT2D eigenvalue weighted by atomic mass is 35.5. The number of hydrogen-bond acceptors (Lipinski definition) is 2. The predicted molar refractivity (Wildman–Crippen MR) is 148 cm³/mol. The summed E-state index contributed by atoms with van der Waals surface area (Å²) in [6.45, 7) is 0.756. The Morgan fingerprint density at radius 1 is 0.784 bits per heavy atom. The summed E-state index contributed by atoms with van der Waals surface area (Å²) in [5, 5.41) is 14.2. The van der Waals surface area contributed by atoms with Crippen LogP contribution in [0.25, 0.3) is 22.0 Å². The van der Waals surface area contributed by atoms with Crippen molar-refractivity contribution in [2.75, 3.05) is 0 Å². The zero-order valence-corrected chi connectivity index (χ0v) is 21.1. The summed E-state index contributed by atoms with van der Waals surface area (Å²) in [5.74, 6) is -1.22. The van der Waals surface area contributed by atoms with Gasteiger partial charge in [-0.15, -0.1) is 0 Å². The number of aromatic nitrogens is 1. The second kappa shape index (κ2) is 10.5. The predicted octanol–water partition coefficient (Wildman–Crippen LogP) is 7.29. The van der Waals surface area contributed by atoms with Crippen molar-refractivity contribution in [3.8, 4) is 11.1 Å². The van der Waals surface area contributed by atoms with Gasteiger partial charge in [-0.25, -0.2) is 4.79 Å². The number of carbonyl (C=O) groups excluding carboxylic acids is 1. The number of rotatable bonds is 7. The van der Waals surface area contributed by atoms with Gasteiger partial charge in [-0.2, -0.15) is 0 Å². The van der Waals surface area contributed by atoms with Crippen molar-refractivity contribution >= 4 is 46.0 Å².